The summed E-state index contributed by atoms with van der Waals surface area (Å²) < 4.78 is 8.92. The van der Waals surface area contributed by atoms with Crippen molar-refractivity contribution in [2.75, 3.05) is 0 Å². The molecule has 7 heteroatoms. The first-order valence-corrected chi connectivity index (χ1v) is 10.8. The van der Waals surface area contributed by atoms with Crippen LogP contribution in [0, 0.1) is 13.8 Å². The maximum Gasteiger partial charge on any atom is 0.355 e. The Labute approximate surface area is 185 Å². The van der Waals surface area contributed by atoms with Crippen molar-refractivity contribution in [3.05, 3.63) is 76.1 Å². The average Bonchev–Trinajstić information content (AvgIpc) is 3.52. The fourth-order valence-electron chi connectivity index (χ4n) is 4.08. The quantitative estimate of drug-likeness (QED) is 0.519. The molecule has 1 aliphatic rings. The van der Waals surface area contributed by atoms with Gasteiger partial charge in [-0.3, -0.25) is 4.40 Å². The average molecular weight is 431 g/mol. The first kappa shape index (κ1) is 20.5. The number of nitrogens with zero attached hydrogens (tertiary/aromatic N) is 4. The van der Waals surface area contributed by atoms with Crippen LogP contribution in [-0.2, 0) is 5.60 Å². The van der Waals surface area contributed by atoms with Crippen LogP contribution in [0.15, 0.2) is 53.6 Å². The van der Waals surface area contributed by atoms with Crippen molar-refractivity contribution in [2.24, 2.45) is 0 Å². The number of aryl methyl sites for hydroxylation is 2. The molecule has 164 valence electrons. The number of ether oxygens (including phenoxy) is 1. The molecule has 0 atom stereocenters. The highest BCUT2D eigenvalue weighted by Crippen LogP contribution is 2.34. The number of aromatic nitrogens is 4. The van der Waals surface area contributed by atoms with Gasteiger partial charge < -0.3 is 9.84 Å². The van der Waals surface area contributed by atoms with E-state index in [2.05, 4.69) is 10.1 Å². The van der Waals surface area contributed by atoms with Gasteiger partial charge in [0.15, 0.2) is 5.82 Å². The molecule has 4 aromatic rings. The molecule has 3 aromatic heterocycles. The molecule has 1 saturated carbocycles. The molecule has 1 fully saturated rings. The third-order valence-corrected chi connectivity index (χ3v) is 5.99. The molecule has 0 unspecified atom stereocenters. The van der Waals surface area contributed by atoms with Gasteiger partial charge in [-0.25, -0.2) is 9.78 Å². The molecule has 5 rings (SSSR count). The van der Waals surface area contributed by atoms with E-state index in [0.29, 0.717) is 17.5 Å². The highest BCUT2D eigenvalue weighted by Gasteiger charge is 2.24. The minimum absolute atomic E-state index is 0.289. The number of hydrogen-bond donors (Lipinski definition) is 1. The molecule has 1 N–H and O–H groups in total. The van der Waals surface area contributed by atoms with Crippen LogP contribution in [0.3, 0.4) is 0 Å². The summed E-state index contributed by atoms with van der Waals surface area (Å²) in [5.74, 6) is 1.25. The summed E-state index contributed by atoms with van der Waals surface area (Å²) in [6.07, 6.45) is 5.80. The second-order valence-corrected chi connectivity index (χ2v) is 8.95. The molecule has 32 heavy (non-hydrogen) atoms. The van der Waals surface area contributed by atoms with Crippen LogP contribution in [0.25, 0.3) is 22.5 Å². The van der Waals surface area contributed by atoms with Gasteiger partial charge in [-0.1, -0.05) is 18.2 Å². The Balaban J connectivity index is 1.61. The standard InChI is InChI=1S/C25H26N4O3/c1-15-21-14-27-29(22-11-8-18(13-26-22)25(3,4)31)24(30)28(21)16(2)23(15)17-6-5-7-20(12-17)32-19-9-10-19/h5-8,11-14,19,31H,9-10H2,1-4H3. The van der Waals surface area contributed by atoms with Gasteiger partial charge in [0.1, 0.15) is 5.75 Å². The second kappa shape index (κ2) is 7.31. The number of rotatable bonds is 5. The third kappa shape index (κ3) is 3.48. The smallest absolute Gasteiger partial charge is 0.355 e. The molecular formula is C25H26N4O3. The minimum atomic E-state index is -1.01. The zero-order valence-corrected chi connectivity index (χ0v) is 18.7. The number of aliphatic hydroxyl groups is 1. The molecule has 7 nitrogen and oxygen atoms in total. The zero-order valence-electron chi connectivity index (χ0n) is 18.7. The van der Waals surface area contributed by atoms with Gasteiger partial charge in [-0.2, -0.15) is 9.78 Å². The van der Waals surface area contributed by atoms with E-state index in [9.17, 15) is 9.90 Å². The normalized spacial score (nSPS) is 14.2. The Bertz CT molecular complexity index is 1370. The summed E-state index contributed by atoms with van der Waals surface area (Å²) in [6, 6.07) is 11.5. The largest absolute Gasteiger partial charge is 0.490 e. The fourth-order valence-corrected chi connectivity index (χ4v) is 4.08. The lowest BCUT2D eigenvalue weighted by atomic mass is 10.0. The van der Waals surface area contributed by atoms with Crippen molar-refractivity contribution < 1.29 is 9.84 Å². The summed E-state index contributed by atoms with van der Waals surface area (Å²) in [4.78, 5) is 17.8. The summed E-state index contributed by atoms with van der Waals surface area (Å²) in [6.45, 7) is 7.34. The van der Waals surface area contributed by atoms with Crippen molar-refractivity contribution in [1.29, 1.82) is 0 Å². The van der Waals surface area contributed by atoms with Crippen molar-refractivity contribution in [2.45, 2.75) is 52.2 Å². The Morgan fingerprint density at radius 2 is 1.91 bits per heavy atom. The Morgan fingerprint density at radius 3 is 2.56 bits per heavy atom. The van der Waals surface area contributed by atoms with E-state index in [1.54, 1.807) is 42.8 Å². The van der Waals surface area contributed by atoms with Gasteiger partial charge in [-0.15, -0.1) is 0 Å². The maximum atomic E-state index is 13.4. The lowest BCUT2D eigenvalue weighted by Crippen LogP contribution is -2.28. The van der Waals surface area contributed by atoms with Gasteiger partial charge in [0.05, 0.1) is 23.4 Å². The van der Waals surface area contributed by atoms with Crippen molar-refractivity contribution in [3.8, 4) is 22.7 Å². The molecule has 0 amide bonds. The van der Waals surface area contributed by atoms with Crippen LogP contribution in [-0.4, -0.2) is 30.4 Å². The summed E-state index contributed by atoms with van der Waals surface area (Å²) in [5, 5.41) is 14.5. The van der Waals surface area contributed by atoms with Crippen LogP contribution in [0.1, 0.15) is 43.5 Å². The van der Waals surface area contributed by atoms with E-state index in [4.69, 9.17) is 4.74 Å². The first-order valence-electron chi connectivity index (χ1n) is 10.8. The van der Waals surface area contributed by atoms with Crippen molar-refractivity contribution in [1.82, 2.24) is 19.2 Å². The minimum Gasteiger partial charge on any atom is -0.490 e. The maximum absolute atomic E-state index is 13.4. The van der Waals surface area contributed by atoms with E-state index >= 15 is 0 Å². The Morgan fingerprint density at radius 1 is 1.12 bits per heavy atom. The molecule has 1 aromatic carbocycles. The van der Waals surface area contributed by atoms with E-state index in [1.165, 1.54) is 4.68 Å². The number of benzene rings is 1. The second-order valence-electron chi connectivity index (χ2n) is 8.95. The van der Waals surface area contributed by atoms with E-state index < -0.39 is 5.60 Å². The van der Waals surface area contributed by atoms with E-state index in [-0.39, 0.29) is 5.69 Å². The van der Waals surface area contributed by atoms with Crippen LogP contribution >= 0.6 is 0 Å². The topological polar surface area (TPSA) is 81.7 Å². The van der Waals surface area contributed by atoms with E-state index in [1.807, 2.05) is 38.1 Å². The number of fused-ring (bicyclic) bond motifs is 1. The van der Waals surface area contributed by atoms with Crippen LogP contribution in [0.4, 0.5) is 0 Å². The zero-order chi connectivity index (χ0) is 22.6. The molecular weight excluding hydrogens is 404 g/mol. The molecule has 1 aliphatic carbocycles. The van der Waals surface area contributed by atoms with Gasteiger partial charge in [0, 0.05) is 23.0 Å². The van der Waals surface area contributed by atoms with E-state index in [0.717, 1.165) is 46.5 Å². The third-order valence-electron chi connectivity index (χ3n) is 5.99. The molecule has 0 aliphatic heterocycles. The summed E-state index contributed by atoms with van der Waals surface area (Å²) >= 11 is 0. The first-order chi connectivity index (χ1) is 15.2. The monoisotopic (exact) mass is 430 g/mol. The molecule has 0 spiro atoms. The lowest BCUT2D eigenvalue weighted by Gasteiger charge is -2.17. The van der Waals surface area contributed by atoms with Crippen LogP contribution in [0.2, 0.25) is 0 Å². The van der Waals surface area contributed by atoms with Crippen molar-refractivity contribution in [3.63, 3.8) is 0 Å². The fraction of sp³-hybridized carbons (Fsp3) is 0.320. The molecule has 0 radical (unpaired) electrons. The van der Waals surface area contributed by atoms with Crippen LogP contribution < -0.4 is 10.4 Å². The Kier molecular flexibility index (Phi) is 4.67. The predicted octanol–water partition coefficient (Wildman–Crippen LogP) is 3.93. The number of pyridine rings is 1. The summed E-state index contributed by atoms with van der Waals surface area (Å²) in [5.41, 5.74) is 3.99. The van der Waals surface area contributed by atoms with Crippen LogP contribution in [0.5, 0.6) is 5.75 Å². The highest BCUT2D eigenvalue weighted by molar-refractivity contribution is 5.79. The molecule has 3 heterocycles. The lowest BCUT2D eigenvalue weighted by molar-refractivity contribution is 0.0782. The van der Waals surface area contributed by atoms with Gasteiger partial charge >= 0.3 is 5.69 Å². The van der Waals surface area contributed by atoms with Gasteiger partial charge in [0.25, 0.3) is 0 Å². The number of hydrogen-bond acceptors (Lipinski definition) is 5. The van der Waals surface area contributed by atoms with Gasteiger partial charge in [-0.05, 0) is 69.9 Å². The highest BCUT2D eigenvalue weighted by atomic mass is 16.5. The van der Waals surface area contributed by atoms with Gasteiger partial charge in [0.2, 0.25) is 0 Å². The summed E-state index contributed by atoms with van der Waals surface area (Å²) in [7, 11) is 0. The molecule has 0 bridgehead atoms. The predicted molar refractivity (Wildman–Crippen MR) is 122 cm³/mol. The SMILES string of the molecule is Cc1c(-c2cccc(OC3CC3)c2)c(C)n2c(=O)n(-c3ccc(C(C)(C)O)cn3)ncc12. The van der Waals surface area contributed by atoms with Crippen molar-refractivity contribution >= 4 is 5.52 Å². The molecule has 0 saturated heterocycles. The Hall–Kier alpha value is -3.45.